The van der Waals surface area contributed by atoms with Crippen molar-refractivity contribution in [2.45, 2.75) is 194 Å². The zero-order valence-electron chi connectivity index (χ0n) is 26.0. The summed E-state index contributed by atoms with van der Waals surface area (Å²) in [5, 5.41) is 0. The molecule has 0 aliphatic carbocycles. The Hall–Kier alpha value is 1.11. The predicted molar refractivity (Wildman–Crippen MR) is 172 cm³/mol. The molecule has 0 atom stereocenters. The van der Waals surface area contributed by atoms with Crippen molar-refractivity contribution in [3.8, 4) is 0 Å². The smallest absolute Gasteiger partial charge is 0.411 e. The molecule has 0 heterocycles. The van der Waals surface area contributed by atoms with Crippen LogP contribution in [0.25, 0.3) is 0 Å². The summed E-state index contributed by atoms with van der Waals surface area (Å²) in [6, 6.07) is 0. The fourth-order valence-electron chi connectivity index (χ4n) is 5.29. The van der Waals surface area contributed by atoms with Crippen molar-refractivity contribution in [3.05, 3.63) is 0 Å². The Balaban J connectivity index is 0. The van der Waals surface area contributed by atoms with Crippen LogP contribution in [0.2, 0.25) is 0 Å². The van der Waals surface area contributed by atoms with Crippen LogP contribution in [0.4, 0.5) is 0 Å². The van der Waals surface area contributed by atoms with E-state index in [9.17, 15) is 0 Å². The minimum Gasteiger partial charge on any atom is -0.411 e. The molecule has 0 aliphatic rings. The zero-order valence-corrected chi connectivity index (χ0v) is 29.6. The number of nitrogens with zero attached hydrogens (tertiary/aromatic N) is 1. The van der Waals surface area contributed by atoms with Gasteiger partial charge in [-0.3, -0.25) is 0 Å². The van der Waals surface area contributed by atoms with Gasteiger partial charge < -0.3 is 29.7 Å². The summed E-state index contributed by atoms with van der Waals surface area (Å²) in [6.07, 6.45) is 39.5. The molecule has 0 aliphatic heterocycles. The van der Waals surface area contributed by atoms with Gasteiger partial charge in [0.1, 0.15) is 0 Å². The molecule has 0 spiro atoms. The molecule has 37 heavy (non-hydrogen) atoms. The quantitative estimate of drug-likeness (QED) is 0.0371. The van der Waals surface area contributed by atoms with Gasteiger partial charge in [-0.1, -0.05) is 185 Å². The molecule has 0 bridgehead atoms. The second kappa shape index (κ2) is 35.1. The standard InChI is InChI=1S/C33H67NS2.Na/c1-3-5-7-9-11-13-15-17-19-21-23-25-27-29-31-34(33(35)36)32-30-28-26-24-22-20-18-16-14-12-10-8-6-4-2;/h3-32H2,1-2H3,(H,35,36);/q;+1/p-1. The summed E-state index contributed by atoms with van der Waals surface area (Å²) in [5.74, 6) is 0. The first-order valence-corrected chi connectivity index (χ1v) is 17.5. The van der Waals surface area contributed by atoms with Gasteiger partial charge in [0.2, 0.25) is 0 Å². The normalized spacial score (nSPS) is 11.0. The second-order valence-electron chi connectivity index (χ2n) is 11.4. The minimum atomic E-state index is 0. The third-order valence-corrected chi connectivity index (χ3v) is 8.34. The van der Waals surface area contributed by atoms with Crippen molar-refractivity contribution in [2.24, 2.45) is 0 Å². The van der Waals surface area contributed by atoms with Crippen molar-refractivity contribution in [1.29, 1.82) is 0 Å². The van der Waals surface area contributed by atoms with Crippen LogP contribution in [0, 0.1) is 0 Å². The molecular formula is C33H66NNaS2. The van der Waals surface area contributed by atoms with Crippen LogP contribution in [-0.2, 0) is 12.6 Å². The van der Waals surface area contributed by atoms with Crippen molar-refractivity contribution < 1.29 is 29.6 Å². The Kier molecular flexibility index (Phi) is 38.2. The Labute approximate surface area is 268 Å². The number of hydrogen-bond donors (Lipinski definition) is 0. The maximum atomic E-state index is 5.36. The minimum absolute atomic E-state index is 0. The van der Waals surface area contributed by atoms with Crippen molar-refractivity contribution in [2.75, 3.05) is 13.1 Å². The van der Waals surface area contributed by atoms with E-state index in [1.165, 1.54) is 180 Å². The summed E-state index contributed by atoms with van der Waals surface area (Å²) in [5.41, 5.74) is 0. The molecule has 0 fully saturated rings. The Bertz CT molecular complexity index is 401. The number of unbranched alkanes of at least 4 members (excludes halogenated alkanes) is 26. The molecule has 0 N–H and O–H groups in total. The van der Waals surface area contributed by atoms with Gasteiger partial charge in [0.15, 0.2) is 0 Å². The first-order valence-electron chi connectivity index (χ1n) is 16.7. The van der Waals surface area contributed by atoms with E-state index in [1.54, 1.807) is 0 Å². The predicted octanol–water partition coefficient (Wildman–Crippen LogP) is 9.09. The summed E-state index contributed by atoms with van der Waals surface area (Å²) in [6.45, 7) is 6.76. The largest absolute Gasteiger partial charge is 1.00 e. The molecule has 0 saturated carbocycles. The van der Waals surface area contributed by atoms with Crippen molar-refractivity contribution >= 4 is 29.2 Å². The topological polar surface area (TPSA) is 3.24 Å². The van der Waals surface area contributed by atoms with E-state index < -0.39 is 0 Å². The van der Waals surface area contributed by atoms with Gasteiger partial charge in [-0.2, -0.15) is 0 Å². The van der Waals surface area contributed by atoms with Crippen LogP contribution in [0.1, 0.15) is 194 Å². The molecule has 1 nitrogen and oxygen atoms in total. The van der Waals surface area contributed by atoms with Gasteiger partial charge in [0, 0.05) is 13.1 Å². The van der Waals surface area contributed by atoms with E-state index >= 15 is 0 Å². The first-order chi connectivity index (χ1) is 17.7. The molecule has 4 heteroatoms. The zero-order chi connectivity index (χ0) is 26.4. The van der Waals surface area contributed by atoms with Gasteiger partial charge in [-0.15, -0.1) is 0 Å². The maximum Gasteiger partial charge on any atom is 1.00 e. The average Bonchev–Trinajstić information content (AvgIpc) is 2.87. The Morgan fingerprint density at radius 2 is 0.595 bits per heavy atom. The van der Waals surface area contributed by atoms with E-state index in [0.29, 0.717) is 4.32 Å². The first kappa shape index (κ1) is 40.2. The molecule has 0 rings (SSSR count). The Morgan fingerprint density at radius 3 is 0.784 bits per heavy atom. The summed E-state index contributed by atoms with van der Waals surface area (Å²) < 4.78 is 0.694. The summed E-state index contributed by atoms with van der Waals surface area (Å²) >= 11 is 10.7. The molecule has 0 saturated heterocycles. The van der Waals surface area contributed by atoms with Gasteiger partial charge in [-0.25, -0.2) is 0 Å². The number of hydrogen-bond acceptors (Lipinski definition) is 2. The fourth-order valence-corrected chi connectivity index (χ4v) is 5.65. The second-order valence-corrected chi connectivity index (χ2v) is 12.5. The molecule has 0 unspecified atom stereocenters. The van der Waals surface area contributed by atoms with E-state index in [2.05, 4.69) is 18.7 Å². The van der Waals surface area contributed by atoms with E-state index in [0.717, 1.165) is 13.1 Å². The monoisotopic (exact) mass is 563 g/mol. The summed E-state index contributed by atoms with van der Waals surface area (Å²) in [4.78, 5) is 2.30. The molecule has 0 aromatic heterocycles. The van der Waals surface area contributed by atoms with Gasteiger partial charge in [-0.05, 0) is 12.8 Å². The SMILES string of the molecule is CCCCCCCCCCCCCCCCN(CCCCCCCCCCCCCCCC)C(=S)[S-].[Na+]. The number of rotatable bonds is 30. The van der Waals surface area contributed by atoms with Crippen LogP contribution < -0.4 is 29.6 Å². The van der Waals surface area contributed by atoms with Crippen molar-refractivity contribution in [1.82, 2.24) is 4.90 Å². The molecule has 0 aromatic carbocycles. The molecular weight excluding hydrogens is 497 g/mol. The molecule has 0 radical (unpaired) electrons. The van der Waals surface area contributed by atoms with E-state index in [4.69, 9.17) is 24.8 Å². The van der Waals surface area contributed by atoms with E-state index in [-0.39, 0.29) is 29.6 Å². The number of thiocarbonyl (C=S) groups is 1. The van der Waals surface area contributed by atoms with Gasteiger partial charge in [0.25, 0.3) is 0 Å². The maximum absolute atomic E-state index is 5.36. The van der Waals surface area contributed by atoms with Crippen LogP contribution in [-0.4, -0.2) is 22.3 Å². The van der Waals surface area contributed by atoms with Crippen LogP contribution in [0.5, 0.6) is 0 Å². The summed E-state index contributed by atoms with van der Waals surface area (Å²) in [7, 11) is 0. The third kappa shape index (κ3) is 33.2. The van der Waals surface area contributed by atoms with Crippen LogP contribution in [0.15, 0.2) is 0 Å². The third-order valence-electron chi connectivity index (χ3n) is 7.82. The van der Waals surface area contributed by atoms with Gasteiger partial charge in [0.05, 0.1) is 0 Å². The fraction of sp³-hybridized carbons (Fsp3) is 0.970. The molecule has 0 aromatic rings. The van der Waals surface area contributed by atoms with Gasteiger partial charge >= 0.3 is 29.6 Å². The van der Waals surface area contributed by atoms with Crippen LogP contribution in [0.3, 0.4) is 0 Å². The molecule has 0 amide bonds. The van der Waals surface area contributed by atoms with Crippen molar-refractivity contribution in [3.63, 3.8) is 0 Å². The average molecular weight is 564 g/mol. The molecule has 216 valence electrons. The van der Waals surface area contributed by atoms with E-state index in [1.807, 2.05) is 0 Å². The van der Waals surface area contributed by atoms with Crippen LogP contribution >= 0.6 is 12.2 Å². The Morgan fingerprint density at radius 1 is 0.405 bits per heavy atom.